The molecule has 1 aliphatic rings. The molecule has 0 aromatic carbocycles. The molecule has 16 heavy (non-hydrogen) atoms. The Bertz CT molecular complexity index is 323. The zero-order chi connectivity index (χ0) is 11.5. The summed E-state index contributed by atoms with van der Waals surface area (Å²) in [6.07, 6.45) is 5.61. The number of nitrogens with one attached hydrogen (secondary N) is 1. The first kappa shape index (κ1) is 12.1. The average Bonchev–Trinajstić information content (AvgIpc) is 2.69. The minimum Gasteiger partial charge on any atom is -0.312 e. The van der Waals surface area contributed by atoms with Crippen molar-refractivity contribution in [2.75, 3.05) is 7.05 Å². The van der Waals surface area contributed by atoms with Gasteiger partial charge in [-0.2, -0.15) is 0 Å². The quantitative estimate of drug-likeness (QED) is 0.833. The molecule has 0 saturated heterocycles. The molecule has 2 heteroatoms. The molecular weight excluding hydrogens is 214 g/mol. The lowest BCUT2D eigenvalue weighted by Crippen LogP contribution is -2.28. The summed E-state index contributed by atoms with van der Waals surface area (Å²) in [7, 11) is 2.11. The van der Waals surface area contributed by atoms with Crippen LogP contribution in [-0.4, -0.2) is 7.05 Å². The molecule has 1 atom stereocenters. The van der Waals surface area contributed by atoms with E-state index in [1.54, 1.807) is 4.88 Å². The number of thiophene rings is 1. The maximum absolute atomic E-state index is 3.54. The highest BCUT2D eigenvalue weighted by molar-refractivity contribution is 7.10. The maximum atomic E-state index is 3.54. The molecule has 1 N–H and O–H groups in total. The molecule has 0 aliphatic heterocycles. The highest BCUT2D eigenvalue weighted by Gasteiger charge is 2.27. The van der Waals surface area contributed by atoms with Gasteiger partial charge in [0.1, 0.15) is 0 Å². The van der Waals surface area contributed by atoms with Crippen LogP contribution in [0.4, 0.5) is 0 Å². The van der Waals surface area contributed by atoms with E-state index in [9.17, 15) is 0 Å². The molecule has 90 valence electrons. The molecule has 1 heterocycles. The molecule has 1 unspecified atom stereocenters. The Morgan fingerprint density at radius 2 is 2.00 bits per heavy atom. The predicted octanol–water partition coefficient (Wildman–Crippen LogP) is 4.14. The van der Waals surface area contributed by atoms with Crippen molar-refractivity contribution < 1.29 is 0 Å². The maximum Gasteiger partial charge on any atom is 0.0443 e. The average molecular weight is 237 g/mol. The smallest absolute Gasteiger partial charge is 0.0443 e. The summed E-state index contributed by atoms with van der Waals surface area (Å²) < 4.78 is 0. The van der Waals surface area contributed by atoms with Gasteiger partial charge in [0.2, 0.25) is 0 Å². The van der Waals surface area contributed by atoms with Crippen molar-refractivity contribution in [3.05, 3.63) is 21.9 Å². The lowest BCUT2D eigenvalue weighted by molar-refractivity contribution is 0.239. The standard InChI is InChI=1S/C14H23NS/c1-10-4-6-12(7-5-10)13(15-3)14-11(2)8-9-16-14/h8-10,12-13,15H,4-7H2,1-3H3. The van der Waals surface area contributed by atoms with Crippen LogP contribution >= 0.6 is 11.3 Å². The molecule has 1 aromatic rings. The summed E-state index contributed by atoms with van der Waals surface area (Å²) in [5.41, 5.74) is 1.46. The second-order valence-corrected chi connectivity index (χ2v) is 6.20. The fraction of sp³-hybridized carbons (Fsp3) is 0.714. The fourth-order valence-electron chi connectivity index (χ4n) is 2.90. The van der Waals surface area contributed by atoms with Gasteiger partial charge < -0.3 is 5.32 Å². The van der Waals surface area contributed by atoms with Gasteiger partial charge in [-0.25, -0.2) is 0 Å². The second-order valence-electron chi connectivity index (χ2n) is 5.25. The SMILES string of the molecule is CNC(c1sccc1C)C1CCC(C)CC1. The summed E-state index contributed by atoms with van der Waals surface area (Å²) in [4.78, 5) is 1.56. The fourth-order valence-corrected chi connectivity index (χ4v) is 4.03. The van der Waals surface area contributed by atoms with Crippen LogP contribution in [-0.2, 0) is 0 Å². The molecule has 2 rings (SSSR count). The van der Waals surface area contributed by atoms with Crippen LogP contribution in [0.3, 0.4) is 0 Å². The van der Waals surface area contributed by atoms with E-state index in [0.717, 1.165) is 11.8 Å². The van der Waals surface area contributed by atoms with Gasteiger partial charge in [-0.3, -0.25) is 0 Å². The Hall–Kier alpha value is -0.340. The Morgan fingerprint density at radius 1 is 1.31 bits per heavy atom. The molecule has 1 aromatic heterocycles. The van der Waals surface area contributed by atoms with Crippen molar-refractivity contribution in [1.29, 1.82) is 0 Å². The number of hydrogen-bond donors (Lipinski definition) is 1. The topological polar surface area (TPSA) is 12.0 Å². The van der Waals surface area contributed by atoms with Crippen LogP contribution in [0.15, 0.2) is 11.4 Å². The van der Waals surface area contributed by atoms with Crippen molar-refractivity contribution >= 4 is 11.3 Å². The molecule has 1 aliphatic carbocycles. The van der Waals surface area contributed by atoms with Gasteiger partial charge in [-0.1, -0.05) is 19.8 Å². The molecule has 0 amide bonds. The van der Waals surface area contributed by atoms with Gasteiger partial charge in [0, 0.05) is 10.9 Å². The zero-order valence-electron chi connectivity index (χ0n) is 10.6. The van der Waals surface area contributed by atoms with E-state index in [0.29, 0.717) is 6.04 Å². The van der Waals surface area contributed by atoms with E-state index in [2.05, 4.69) is 37.7 Å². The van der Waals surface area contributed by atoms with E-state index in [1.165, 1.54) is 31.2 Å². The third kappa shape index (κ3) is 2.49. The summed E-state index contributed by atoms with van der Waals surface area (Å²) in [6, 6.07) is 2.84. The van der Waals surface area contributed by atoms with Crippen LogP contribution in [0, 0.1) is 18.8 Å². The van der Waals surface area contributed by atoms with Gasteiger partial charge in [0.15, 0.2) is 0 Å². The van der Waals surface area contributed by atoms with E-state index in [-0.39, 0.29) is 0 Å². The molecule has 0 bridgehead atoms. The molecule has 0 radical (unpaired) electrons. The van der Waals surface area contributed by atoms with E-state index in [4.69, 9.17) is 0 Å². The van der Waals surface area contributed by atoms with Gasteiger partial charge >= 0.3 is 0 Å². The van der Waals surface area contributed by atoms with Gasteiger partial charge in [0.05, 0.1) is 0 Å². The van der Waals surface area contributed by atoms with E-state index >= 15 is 0 Å². The number of rotatable bonds is 3. The van der Waals surface area contributed by atoms with Crippen molar-refractivity contribution in [2.45, 2.75) is 45.6 Å². The third-order valence-corrected chi connectivity index (χ3v) is 5.13. The molecule has 0 spiro atoms. The second kappa shape index (κ2) is 5.33. The minimum absolute atomic E-state index is 0.590. The third-order valence-electron chi connectivity index (χ3n) is 4.03. The summed E-state index contributed by atoms with van der Waals surface area (Å²) >= 11 is 1.91. The predicted molar refractivity (Wildman–Crippen MR) is 72.0 cm³/mol. The van der Waals surface area contributed by atoms with Crippen LogP contribution in [0.5, 0.6) is 0 Å². The highest BCUT2D eigenvalue weighted by Crippen LogP contribution is 2.39. The largest absolute Gasteiger partial charge is 0.312 e. The first-order valence-electron chi connectivity index (χ1n) is 6.43. The first-order chi connectivity index (χ1) is 7.72. The van der Waals surface area contributed by atoms with Crippen LogP contribution in [0.25, 0.3) is 0 Å². The lowest BCUT2D eigenvalue weighted by atomic mass is 9.78. The Labute approximate surface area is 103 Å². The van der Waals surface area contributed by atoms with Crippen molar-refractivity contribution in [2.24, 2.45) is 11.8 Å². The first-order valence-corrected chi connectivity index (χ1v) is 7.31. The van der Waals surface area contributed by atoms with Crippen LogP contribution in [0.1, 0.15) is 49.1 Å². The number of aryl methyl sites for hydroxylation is 1. The van der Waals surface area contributed by atoms with E-state index < -0.39 is 0 Å². The van der Waals surface area contributed by atoms with Gasteiger partial charge in [-0.05, 0) is 55.7 Å². The molecule has 1 nitrogen and oxygen atoms in total. The Kier molecular flexibility index (Phi) is 4.04. The Balaban J connectivity index is 2.08. The molecular formula is C14H23NS. The van der Waals surface area contributed by atoms with Crippen LogP contribution < -0.4 is 5.32 Å². The summed E-state index contributed by atoms with van der Waals surface area (Å²) in [6.45, 7) is 4.63. The lowest BCUT2D eigenvalue weighted by Gasteiger charge is -2.32. The highest BCUT2D eigenvalue weighted by atomic mass is 32.1. The monoisotopic (exact) mass is 237 g/mol. The van der Waals surface area contributed by atoms with Crippen LogP contribution in [0.2, 0.25) is 0 Å². The minimum atomic E-state index is 0.590. The summed E-state index contributed by atoms with van der Waals surface area (Å²) in [5, 5.41) is 5.76. The van der Waals surface area contributed by atoms with Gasteiger partial charge in [-0.15, -0.1) is 11.3 Å². The van der Waals surface area contributed by atoms with Crippen molar-refractivity contribution in [3.63, 3.8) is 0 Å². The normalized spacial score (nSPS) is 27.9. The summed E-state index contributed by atoms with van der Waals surface area (Å²) in [5.74, 6) is 1.79. The Morgan fingerprint density at radius 3 is 2.50 bits per heavy atom. The van der Waals surface area contributed by atoms with Gasteiger partial charge in [0.25, 0.3) is 0 Å². The molecule has 1 saturated carbocycles. The number of hydrogen-bond acceptors (Lipinski definition) is 2. The van der Waals surface area contributed by atoms with E-state index in [1.807, 2.05) is 11.3 Å². The van der Waals surface area contributed by atoms with Crippen molar-refractivity contribution in [3.8, 4) is 0 Å². The van der Waals surface area contributed by atoms with Crippen molar-refractivity contribution in [1.82, 2.24) is 5.32 Å². The zero-order valence-corrected chi connectivity index (χ0v) is 11.4. The molecule has 1 fully saturated rings.